The van der Waals surface area contributed by atoms with Crippen LogP contribution in [0, 0.1) is 13.8 Å². The highest BCUT2D eigenvalue weighted by Crippen LogP contribution is 2.15. The molecule has 0 aliphatic rings. The van der Waals surface area contributed by atoms with Gasteiger partial charge in [-0.3, -0.25) is 9.89 Å². The highest BCUT2D eigenvalue weighted by Gasteiger charge is 2.10. The number of aryl methyl sites for hydroxylation is 2. The Hall–Kier alpha value is -2.60. The van der Waals surface area contributed by atoms with Gasteiger partial charge in [-0.2, -0.15) is 5.10 Å². The van der Waals surface area contributed by atoms with Crippen molar-refractivity contribution in [3.8, 4) is 0 Å². The van der Waals surface area contributed by atoms with Gasteiger partial charge in [-0.1, -0.05) is 12.1 Å². The van der Waals surface area contributed by atoms with Crippen LogP contribution in [-0.4, -0.2) is 16.1 Å². The highest BCUT2D eigenvalue weighted by atomic mass is 32.1. The molecule has 24 heavy (non-hydrogen) atoms. The van der Waals surface area contributed by atoms with E-state index in [4.69, 9.17) is 0 Å². The number of thiophene rings is 1. The molecule has 0 atom stereocenters. The molecule has 3 rings (SSSR count). The first-order valence-electron chi connectivity index (χ1n) is 7.78. The first kappa shape index (κ1) is 16.3. The van der Waals surface area contributed by atoms with Gasteiger partial charge in [-0.05, 0) is 43.5 Å². The average Bonchev–Trinajstić information content (AvgIpc) is 3.22. The lowest BCUT2D eigenvalue weighted by Gasteiger charge is -2.09. The topological polar surface area (TPSA) is 69.8 Å². The van der Waals surface area contributed by atoms with Gasteiger partial charge in [0.2, 0.25) is 0 Å². The van der Waals surface area contributed by atoms with E-state index < -0.39 is 0 Å². The minimum atomic E-state index is -0.0882. The second-order valence-corrected chi connectivity index (χ2v) is 6.64. The van der Waals surface area contributed by atoms with Gasteiger partial charge in [0.1, 0.15) is 0 Å². The van der Waals surface area contributed by atoms with Gasteiger partial charge < -0.3 is 10.6 Å². The molecule has 0 unspecified atom stereocenters. The number of hydrogen-bond acceptors (Lipinski definition) is 4. The molecular weight excluding hydrogens is 320 g/mol. The number of amides is 1. The van der Waals surface area contributed by atoms with Gasteiger partial charge in [0.15, 0.2) is 0 Å². The minimum absolute atomic E-state index is 0.0882. The van der Waals surface area contributed by atoms with Crippen LogP contribution in [0.4, 0.5) is 5.69 Å². The standard InChI is InChI=1S/C18H20N4OS/c1-12-17(13(2)22-21-12)11-20-18(23)14-5-3-6-15(9-14)19-10-16-7-4-8-24-16/h3-9,19H,10-11H2,1-2H3,(H,20,23)(H,21,22). The second-order valence-electron chi connectivity index (χ2n) is 5.61. The maximum Gasteiger partial charge on any atom is 0.251 e. The van der Waals surface area contributed by atoms with Crippen molar-refractivity contribution in [2.75, 3.05) is 5.32 Å². The molecule has 124 valence electrons. The van der Waals surface area contributed by atoms with E-state index in [2.05, 4.69) is 32.3 Å². The number of aromatic nitrogens is 2. The number of nitrogens with one attached hydrogen (secondary N) is 3. The Morgan fingerprint density at radius 2 is 2.08 bits per heavy atom. The van der Waals surface area contributed by atoms with E-state index in [1.165, 1.54) is 4.88 Å². The van der Waals surface area contributed by atoms with E-state index in [1.807, 2.05) is 44.2 Å². The number of carbonyl (C=O) groups is 1. The molecular formula is C18H20N4OS. The first-order valence-corrected chi connectivity index (χ1v) is 8.66. The Kier molecular flexibility index (Phi) is 4.96. The van der Waals surface area contributed by atoms with Crippen molar-refractivity contribution in [1.82, 2.24) is 15.5 Å². The Labute approximate surface area is 145 Å². The molecule has 0 aliphatic heterocycles. The third kappa shape index (κ3) is 3.83. The quantitative estimate of drug-likeness (QED) is 0.642. The normalized spacial score (nSPS) is 10.6. The van der Waals surface area contributed by atoms with Crippen LogP contribution >= 0.6 is 11.3 Å². The van der Waals surface area contributed by atoms with Crippen LogP contribution in [0.25, 0.3) is 0 Å². The van der Waals surface area contributed by atoms with Crippen molar-refractivity contribution in [2.45, 2.75) is 26.9 Å². The summed E-state index contributed by atoms with van der Waals surface area (Å²) in [4.78, 5) is 13.6. The summed E-state index contributed by atoms with van der Waals surface area (Å²) in [6, 6.07) is 11.7. The van der Waals surface area contributed by atoms with Crippen molar-refractivity contribution < 1.29 is 4.79 Å². The summed E-state index contributed by atoms with van der Waals surface area (Å²) in [5.74, 6) is -0.0882. The molecule has 1 amide bonds. The van der Waals surface area contributed by atoms with Crippen LogP contribution in [0.15, 0.2) is 41.8 Å². The maximum absolute atomic E-state index is 12.4. The third-order valence-corrected chi connectivity index (χ3v) is 4.75. The zero-order valence-electron chi connectivity index (χ0n) is 13.7. The number of rotatable bonds is 6. The van der Waals surface area contributed by atoms with Crippen LogP contribution in [0.1, 0.15) is 32.2 Å². The molecule has 2 heterocycles. The number of carbonyl (C=O) groups excluding carboxylic acids is 1. The smallest absolute Gasteiger partial charge is 0.251 e. The Bertz CT molecular complexity index is 804. The van der Waals surface area contributed by atoms with E-state index in [0.717, 1.165) is 29.2 Å². The summed E-state index contributed by atoms with van der Waals surface area (Å²) in [5, 5.41) is 15.4. The number of anilines is 1. The number of hydrogen-bond donors (Lipinski definition) is 3. The second kappa shape index (κ2) is 7.31. The first-order chi connectivity index (χ1) is 11.6. The summed E-state index contributed by atoms with van der Waals surface area (Å²) in [5.41, 5.74) is 4.52. The van der Waals surface area contributed by atoms with E-state index in [9.17, 15) is 4.79 Å². The largest absolute Gasteiger partial charge is 0.380 e. The molecule has 0 bridgehead atoms. The molecule has 0 saturated heterocycles. The predicted molar refractivity (Wildman–Crippen MR) is 97.3 cm³/mol. The molecule has 0 radical (unpaired) electrons. The zero-order valence-corrected chi connectivity index (χ0v) is 14.5. The molecule has 0 aliphatic carbocycles. The predicted octanol–water partition coefficient (Wildman–Crippen LogP) is 3.63. The van der Waals surface area contributed by atoms with Gasteiger partial charge in [0, 0.05) is 40.5 Å². The Balaban J connectivity index is 1.61. The van der Waals surface area contributed by atoms with E-state index >= 15 is 0 Å². The fourth-order valence-electron chi connectivity index (χ4n) is 2.48. The van der Waals surface area contributed by atoms with Crippen LogP contribution in [0.2, 0.25) is 0 Å². The highest BCUT2D eigenvalue weighted by molar-refractivity contribution is 7.09. The lowest BCUT2D eigenvalue weighted by Crippen LogP contribution is -2.23. The molecule has 1 aromatic carbocycles. The van der Waals surface area contributed by atoms with Crippen molar-refractivity contribution in [2.24, 2.45) is 0 Å². The van der Waals surface area contributed by atoms with E-state index in [1.54, 1.807) is 11.3 Å². The zero-order chi connectivity index (χ0) is 16.9. The number of H-pyrrole nitrogens is 1. The molecule has 0 fully saturated rings. The molecule has 3 N–H and O–H groups in total. The van der Waals surface area contributed by atoms with Crippen molar-refractivity contribution in [3.63, 3.8) is 0 Å². The summed E-state index contributed by atoms with van der Waals surface area (Å²) < 4.78 is 0. The third-order valence-electron chi connectivity index (χ3n) is 3.88. The van der Waals surface area contributed by atoms with Crippen LogP contribution < -0.4 is 10.6 Å². The summed E-state index contributed by atoms with van der Waals surface area (Å²) in [6.07, 6.45) is 0. The molecule has 5 nitrogen and oxygen atoms in total. The molecule has 0 spiro atoms. The van der Waals surface area contributed by atoms with Gasteiger partial charge in [-0.25, -0.2) is 0 Å². The van der Waals surface area contributed by atoms with Gasteiger partial charge in [0.25, 0.3) is 5.91 Å². The van der Waals surface area contributed by atoms with Crippen LogP contribution in [0.5, 0.6) is 0 Å². The van der Waals surface area contributed by atoms with Gasteiger partial charge in [-0.15, -0.1) is 11.3 Å². The summed E-state index contributed by atoms with van der Waals surface area (Å²) in [7, 11) is 0. The molecule has 3 aromatic rings. The van der Waals surface area contributed by atoms with Crippen LogP contribution in [0.3, 0.4) is 0 Å². The number of benzene rings is 1. The maximum atomic E-state index is 12.4. The molecule has 2 aromatic heterocycles. The molecule has 0 saturated carbocycles. The number of nitrogens with zero attached hydrogens (tertiary/aromatic N) is 1. The Morgan fingerprint density at radius 3 is 2.79 bits per heavy atom. The van der Waals surface area contributed by atoms with Gasteiger partial charge in [0.05, 0.1) is 5.69 Å². The van der Waals surface area contributed by atoms with E-state index in [-0.39, 0.29) is 5.91 Å². The Morgan fingerprint density at radius 1 is 1.21 bits per heavy atom. The SMILES string of the molecule is Cc1n[nH]c(C)c1CNC(=O)c1cccc(NCc2cccs2)c1. The van der Waals surface area contributed by atoms with Crippen molar-refractivity contribution in [3.05, 3.63) is 69.2 Å². The van der Waals surface area contributed by atoms with Crippen LogP contribution in [-0.2, 0) is 13.1 Å². The van der Waals surface area contributed by atoms with Crippen molar-refractivity contribution >= 4 is 22.9 Å². The fraction of sp³-hybridized carbons (Fsp3) is 0.222. The lowest BCUT2D eigenvalue weighted by molar-refractivity contribution is 0.0951. The minimum Gasteiger partial charge on any atom is -0.380 e. The van der Waals surface area contributed by atoms with Crippen molar-refractivity contribution in [1.29, 1.82) is 0 Å². The van der Waals surface area contributed by atoms with E-state index in [0.29, 0.717) is 12.1 Å². The summed E-state index contributed by atoms with van der Waals surface area (Å²) in [6.45, 7) is 5.12. The monoisotopic (exact) mass is 340 g/mol. The average molecular weight is 340 g/mol. The fourth-order valence-corrected chi connectivity index (χ4v) is 3.12. The number of aromatic amines is 1. The van der Waals surface area contributed by atoms with Gasteiger partial charge >= 0.3 is 0 Å². The summed E-state index contributed by atoms with van der Waals surface area (Å²) >= 11 is 1.71. The lowest BCUT2D eigenvalue weighted by atomic mass is 10.1. The molecule has 6 heteroatoms.